The van der Waals surface area contributed by atoms with E-state index in [9.17, 15) is 13.2 Å². The molecule has 0 amide bonds. The number of hydrogen-bond donors (Lipinski definition) is 3. The molecule has 0 unspecified atom stereocenters. The normalized spacial score (nSPS) is 19.0. The minimum absolute atomic E-state index is 0.00850. The van der Waals surface area contributed by atoms with Gasteiger partial charge in [0, 0.05) is 29.8 Å². The monoisotopic (exact) mass is 433 g/mol. The second kappa shape index (κ2) is 9.55. The number of carboxylic acid groups (broad SMARTS) is 1. The zero-order valence-corrected chi connectivity index (χ0v) is 17.9. The number of carboxylic acids is 1. The summed E-state index contributed by atoms with van der Waals surface area (Å²) in [5.74, 6) is 0.214. The number of nitrogens with zero attached hydrogens (tertiary/aromatic N) is 1. The Bertz CT molecular complexity index is 1010. The summed E-state index contributed by atoms with van der Waals surface area (Å²) in [6.07, 6.45) is 2.95. The number of benzene rings is 1. The van der Waals surface area contributed by atoms with E-state index in [-0.39, 0.29) is 18.5 Å². The van der Waals surface area contributed by atoms with Crippen molar-refractivity contribution in [2.24, 2.45) is 0 Å². The van der Waals surface area contributed by atoms with Gasteiger partial charge in [-0.05, 0) is 50.1 Å². The molecule has 162 valence electrons. The summed E-state index contributed by atoms with van der Waals surface area (Å²) in [4.78, 5) is 15.2. The van der Waals surface area contributed by atoms with Crippen LogP contribution in [0.5, 0.6) is 11.6 Å². The molecule has 3 rings (SSSR count). The fourth-order valence-corrected chi connectivity index (χ4v) is 4.36. The average Bonchev–Trinajstić information content (AvgIpc) is 3.07. The third-order valence-electron chi connectivity index (χ3n) is 4.98. The third kappa shape index (κ3) is 6.51. The first kappa shape index (κ1) is 22.2. The number of hydrogen-bond acceptors (Lipinski definition) is 6. The van der Waals surface area contributed by atoms with Crippen LogP contribution in [0.25, 0.3) is 0 Å². The molecule has 0 radical (unpaired) electrons. The molecule has 2 aromatic rings. The smallest absolute Gasteiger partial charge is 0.303 e. The summed E-state index contributed by atoms with van der Waals surface area (Å²) in [7, 11) is -3.26. The number of aromatic nitrogens is 1. The van der Waals surface area contributed by atoms with Gasteiger partial charge in [-0.15, -0.1) is 0 Å². The fourth-order valence-electron chi connectivity index (χ4n) is 3.53. The predicted molar refractivity (Wildman–Crippen MR) is 113 cm³/mol. The summed E-state index contributed by atoms with van der Waals surface area (Å²) in [5.41, 5.74) is 2.54. The maximum Gasteiger partial charge on any atom is 0.303 e. The van der Waals surface area contributed by atoms with Gasteiger partial charge in [0.05, 0.1) is 12.7 Å². The molecule has 8 nitrogen and oxygen atoms in total. The van der Waals surface area contributed by atoms with Gasteiger partial charge in [0.1, 0.15) is 5.75 Å². The van der Waals surface area contributed by atoms with Crippen LogP contribution in [0, 0.1) is 6.92 Å². The molecular formula is C21H27N3O5S. The molecule has 0 saturated carbocycles. The number of sulfonamides is 1. The predicted octanol–water partition coefficient (Wildman–Crippen LogP) is 2.02. The highest BCUT2D eigenvalue weighted by Crippen LogP contribution is 2.25. The number of aryl methyl sites for hydroxylation is 2. The van der Waals surface area contributed by atoms with Crippen molar-refractivity contribution in [1.29, 1.82) is 0 Å². The van der Waals surface area contributed by atoms with Crippen molar-refractivity contribution in [3.8, 4) is 11.6 Å². The highest BCUT2D eigenvalue weighted by Gasteiger charge is 2.29. The first-order valence-electron chi connectivity index (χ1n) is 9.85. The van der Waals surface area contributed by atoms with Gasteiger partial charge in [0.15, 0.2) is 0 Å². The molecule has 0 aliphatic carbocycles. The number of carbonyl (C=O) groups is 1. The van der Waals surface area contributed by atoms with Gasteiger partial charge in [-0.1, -0.05) is 18.2 Å². The van der Waals surface area contributed by atoms with E-state index >= 15 is 0 Å². The number of ether oxygens (including phenoxy) is 1. The Morgan fingerprint density at radius 2 is 2.13 bits per heavy atom. The Morgan fingerprint density at radius 3 is 2.87 bits per heavy atom. The summed E-state index contributed by atoms with van der Waals surface area (Å²) >= 11 is 0. The second-order valence-electron chi connectivity index (χ2n) is 7.62. The molecule has 1 fully saturated rings. The average molecular weight is 434 g/mol. The van der Waals surface area contributed by atoms with Crippen LogP contribution in [0.1, 0.15) is 29.7 Å². The molecule has 30 heavy (non-hydrogen) atoms. The van der Waals surface area contributed by atoms with Crippen LogP contribution in [0.2, 0.25) is 0 Å². The summed E-state index contributed by atoms with van der Waals surface area (Å²) in [6.45, 7) is 2.65. The molecular weight excluding hydrogens is 406 g/mol. The van der Waals surface area contributed by atoms with Crippen molar-refractivity contribution in [2.75, 3.05) is 12.8 Å². The van der Waals surface area contributed by atoms with E-state index in [2.05, 4.69) is 15.0 Å². The van der Waals surface area contributed by atoms with E-state index in [1.165, 1.54) is 6.26 Å². The second-order valence-corrected chi connectivity index (χ2v) is 9.40. The van der Waals surface area contributed by atoms with Crippen LogP contribution in [0.3, 0.4) is 0 Å². The van der Waals surface area contributed by atoms with Gasteiger partial charge in [0.2, 0.25) is 15.9 Å². The highest BCUT2D eigenvalue weighted by atomic mass is 32.2. The first-order valence-corrected chi connectivity index (χ1v) is 11.7. The molecule has 0 bridgehead atoms. The lowest BCUT2D eigenvalue weighted by Crippen LogP contribution is -2.44. The lowest BCUT2D eigenvalue weighted by Gasteiger charge is -2.20. The molecule has 9 heteroatoms. The topological polar surface area (TPSA) is 118 Å². The third-order valence-corrected chi connectivity index (χ3v) is 5.72. The quantitative estimate of drug-likeness (QED) is 0.554. The van der Waals surface area contributed by atoms with Gasteiger partial charge in [-0.25, -0.2) is 18.1 Å². The maximum absolute atomic E-state index is 11.6. The van der Waals surface area contributed by atoms with E-state index in [0.717, 1.165) is 24.1 Å². The Labute approximate surface area is 176 Å². The molecule has 2 heterocycles. The van der Waals surface area contributed by atoms with Crippen LogP contribution in [-0.4, -0.2) is 49.4 Å². The number of nitrogens with one attached hydrogen (secondary N) is 2. The Morgan fingerprint density at radius 1 is 1.33 bits per heavy atom. The Hall–Kier alpha value is -2.49. The van der Waals surface area contributed by atoms with E-state index in [0.29, 0.717) is 30.2 Å². The van der Waals surface area contributed by atoms with Crippen LogP contribution in [0.15, 0.2) is 36.4 Å². The van der Waals surface area contributed by atoms with Crippen LogP contribution < -0.4 is 14.8 Å². The SMILES string of the molecule is Cc1ccc(CCC(=O)O)nc1Oc1cccc(C[C@@H]2NCC[C@@H]2NS(C)(=O)=O)c1. The van der Waals surface area contributed by atoms with Crippen LogP contribution in [0.4, 0.5) is 0 Å². The van der Waals surface area contributed by atoms with Gasteiger partial charge in [0.25, 0.3) is 0 Å². The van der Waals surface area contributed by atoms with Crippen molar-refractivity contribution in [2.45, 2.75) is 44.7 Å². The minimum Gasteiger partial charge on any atom is -0.481 e. The van der Waals surface area contributed by atoms with Gasteiger partial charge >= 0.3 is 5.97 Å². The lowest BCUT2D eigenvalue weighted by atomic mass is 10.0. The van der Waals surface area contributed by atoms with Gasteiger partial charge in [-0.3, -0.25) is 4.79 Å². The number of rotatable bonds is 9. The molecule has 1 aromatic heterocycles. The van der Waals surface area contributed by atoms with Gasteiger partial charge in [-0.2, -0.15) is 0 Å². The van der Waals surface area contributed by atoms with E-state index in [1.54, 1.807) is 0 Å². The molecule has 1 saturated heterocycles. The zero-order chi connectivity index (χ0) is 21.7. The highest BCUT2D eigenvalue weighted by molar-refractivity contribution is 7.88. The van der Waals surface area contributed by atoms with E-state index in [1.807, 2.05) is 43.3 Å². The maximum atomic E-state index is 11.6. The summed E-state index contributed by atoms with van der Waals surface area (Å²) in [6, 6.07) is 11.2. The van der Waals surface area contributed by atoms with Crippen molar-refractivity contribution >= 4 is 16.0 Å². The molecule has 0 spiro atoms. The van der Waals surface area contributed by atoms with Crippen molar-refractivity contribution in [3.05, 3.63) is 53.2 Å². The fraction of sp³-hybridized carbons (Fsp3) is 0.429. The molecule has 1 aliphatic heterocycles. The van der Waals surface area contributed by atoms with Crippen LogP contribution in [-0.2, 0) is 27.7 Å². The number of aliphatic carboxylic acids is 1. The minimum atomic E-state index is -3.26. The van der Waals surface area contributed by atoms with Crippen LogP contribution >= 0.6 is 0 Å². The Kier molecular flexibility index (Phi) is 7.06. The molecule has 2 atom stereocenters. The zero-order valence-electron chi connectivity index (χ0n) is 17.1. The van der Waals surface area contributed by atoms with Gasteiger partial charge < -0.3 is 15.2 Å². The van der Waals surface area contributed by atoms with Crippen molar-refractivity contribution < 1.29 is 23.1 Å². The summed E-state index contributed by atoms with van der Waals surface area (Å²) < 4.78 is 31.9. The first-order chi connectivity index (χ1) is 14.2. The molecule has 1 aromatic carbocycles. The van der Waals surface area contributed by atoms with E-state index in [4.69, 9.17) is 9.84 Å². The van der Waals surface area contributed by atoms with Crippen molar-refractivity contribution in [3.63, 3.8) is 0 Å². The summed E-state index contributed by atoms with van der Waals surface area (Å²) in [5, 5.41) is 12.2. The Balaban J connectivity index is 1.70. The lowest BCUT2D eigenvalue weighted by molar-refractivity contribution is -0.136. The van der Waals surface area contributed by atoms with Crippen molar-refractivity contribution in [1.82, 2.24) is 15.0 Å². The number of pyridine rings is 1. The standard InChI is InChI=1S/C21H27N3O5S/c1-14-6-7-16(8-9-20(25)26)23-21(14)29-17-5-3-4-15(12-17)13-19-18(10-11-22-19)24-30(2,27)28/h3-7,12,18-19,22,24H,8-11,13H2,1-2H3,(H,25,26)/t18-,19-/m0/s1. The van der Waals surface area contributed by atoms with E-state index < -0.39 is 16.0 Å². The molecule has 1 aliphatic rings. The molecule has 3 N–H and O–H groups in total. The largest absolute Gasteiger partial charge is 0.481 e.